The van der Waals surface area contributed by atoms with Gasteiger partial charge in [0, 0.05) is 12.1 Å². The van der Waals surface area contributed by atoms with E-state index in [-0.39, 0.29) is 17.8 Å². The summed E-state index contributed by atoms with van der Waals surface area (Å²) in [5.74, 6) is -2.24. The summed E-state index contributed by atoms with van der Waals surface area (Å²) in [5.41, 5.74) is 0.900. The zero-order valence-electron chi connectivity index (χ0n) is 11.0. The van der Waals surface area contributed by atoms with Gasteiger partial charge in [-0.1, -0.05) is 23.4 Å². The molecular weight excluding hydrogens is 314 g/mol. The van der Waals surface area contributed by atoms with Gasteiger partial charge >= 0.3 is 0 Å². The largest absolute Gasteiger partial charge is 0.216 e. The highest BCUT2D eigenvalue weighted by Gasteiger charge is 2.17. The van der Waals surface area contributed by atoms with Crippen LogP contribution >= 0.6 is 0 Å². The van der Waals surface area contributed by atoms with Crippen LogP contribution < -0.4 is 4.72 Å². The minimum Gasteiger partial charge on any atom is -0.216 e. The quantitative estimate of drug-likeness (QED) is 0.710. The molecule has 6 nitrogen and oxygen atoms in total. The van der Waals surface area contributed by atoms with Crippen LogP contribution in [0.2, 0.25) is 0 Å². The van der Waals surface area contributed by atoms with Crippen LogP contribution in [-0.4, -0.2) is 23.4 Å². The van der Waals surface area contributed by atoms with Gasteiger partial charge in [-0.3, -0.25) is 0 Å². The Morgan fingerprint density at radius 3 is 2.64 bits per heavy atom. The van der Waals surface area contributed by atoms with E-state index in [4.69, 9.17) is 0 Å². The minimum absolute atomic E-state index is 0.0927. The van der Waals surface area contributed by atoms with E-state index in [1.54, 1.807) is 24.3 Å². The van der Waals surface area contributed by atoms with E-state index in [9.17, 15) is 17.2 Å². The molecule has 1 aromatic heterocycles. The standard InChI is InChI=1S/C13H10F2N4O2S/c14-12-8(7-16-22(20)21)5-6-11(13(12)15)19-10-4-2-1-3-9(10)17-18-19/h1-6,22H,7H2,(H,16,20,21). The first-order valence-corrected chi connectivity index (χ1v) is 7.41. The fraction of sp³-hybridized carbons (Fsp3) is 0.0769. The monoisotopic (exact) mass is 324 g/mol. The van der Waals surface area contributed by atoms with Crippen LogP contribution in [0.15, 0.2) is 36.4 Å². The van der Waals surface area contributed by atoms with E-state index in [2.05, 4.69) is 10.3 Å². The van der Waals surface area contributed by atoms with Gasteiger partial charge in [0.15, 0.2) is 11.6 Å². The van der Waals surface area contributed by atoms with Crippen molar-refractivity contribution in [3.05, 3.63) is 53.6 Å². The Balaban J connectivity index is 2.07. The second-order valence-corrected chi connectivity index (χ2v) is 5.28. The molecule has 22 heavy (non-hydrogen) atoms. The smallest absolute Gasteiger partial charge is 0.201 e. The van der Waals surface area contributed by atoms with E-state index in [0.717, 1.165) is 0 Å². The number of thiol groups is 1. The third-order valence-electron chi connectivity index (χ3n) is 3.12. The molecule has 0 aliphatic carbocycles. The second-order valence-electron chi connectivity index (χ2n) is 4.45. The maximum absolute atomic E-state index is 14.2. The fourth-order valence-electron chi connectivity index (χ4n) is 2.08. The van der Waals surface area contributed by atoms with Gasteiger partial charge in [-0.25, -0.2) is 26.6 Å². The SMILES string of the molecule is O=[SH](=O)NCc1ccc(-n2nnc3ccccc32)c(F)c1F. The Labute approximate surface area is 125 Å². The third-order valence-corrected chi connectivity index (χ3v) is 3.54. The first-order valence-electron chi connectivity index (χ1n) is 6.23. The number of aromatic nitrogens is 3. The first-order chi connectivity index (χ1) is 10.6. The fourth-order valence-corrected chi connectivity index (χ4v) is 2.38. The summed E-state index contributed by atoms with van der Waals surface area (Å²) >= 11 is 0. The van der Waals surface area contributed by atoms with Crippen LogP contribution in [0.1, 0.15) is 5.56 Å². The van der Waals surface area contributed by atoms with Crippen molar-refractivity contribution in [2.24, 2.45) is 0 Å². The highest BCUT2D eigenvalue weighted by Crippen LogP contribution is 2.22. The zero-order chi connectivity index (χ0) is 15.7. The van der Waals surface area contributed by atoms with Gasteiger partial charge < -0.3 is 0 Å². The van der Waals surface area contributed by atoms with Crippen molar-refractivity contribution in [2.75, 3.05) is 0 Å². The molecule has 3 rings (SSSR count). The molecule has 0 saturated carbocycles. The van der Waals surface area contributed by atoms with Crippen LogP contribution in [-0.2, 0) is 17.4 Å². The first kappa shape index (κ1) is 14.5. The molecule has 0 atom stereocenters. The molecular formula is C13H10F2N4O2S. The molecule has 0 aliphatic rings. The Kier molecular flexibility index (Phi) is 3.82. The van der Waals surface area contributed by atoms with Crippen molar-refractivity contribution in [1.29, 1.82) is 0 Å². The van der Waals surface area contributed by atoms with Crippen molar-refractivity contribution in [2.45, 2.75) is 6.54 Å². The summed E-state index contributed by atoms with van der Waals surface area (Å²) in [6.07, 6.45) is 0. The average molecular weight is 324 g/mol. The molecule has 0 unspecified atom stereocenters. The lowest BCUT2D eigenvalue weighted by Gasteiger charge is -2.08. The van der Waals surface area contributed by atoms with Crippen LogP contribution in [0.25, 0.3) is 16.7 Å². The predicted octanol–water partition coefficient (Wildman–Crippen LogP) is 1.31. The van der Waals surface area contributed by atoms with Crippen molar-refractivity contribution >= 4 is 21.9 Å². The Bertz CT molecular complexity index is 916. The Hall–Kier alpha value is -2.39. The molecule has 0 spiro atoms. The predicted molar refractivity (Wildman–Crippen MR) is 75.9 cm³/mol. The van der Waals surface area contributed by atoms with Crippen LogP contribution in [0.5, 0.6) is 0 Å². The van der Waals surface area contributed by atoms with E-state index in [0.29, 0.717) is 11.0 Å². The van der Waals surface area contributed by atoms with E-state index in [1.807, 2.05) is 4.72 Å². The number of fused-ring (bicyclic) bond motifs is 1. The Morgan fingerprint density at radius 2 is 1.86 bits per heavy atom. The van der Waals surface area contributed by atoms with Gasteiger partial charge in [0.2, 0.25) is 10.9 Å². The highest BCUT2D eigenvalue weighted by molar-refractivity contribution is 7.70. The van der Waals surface area contributed by atoms with Gasteiger partial charge in [0.05, 0.1) is 5.52 Å². The van der Waals surface area contributed by atoms with E-state index < -0.39 is 22.5 Å². The minimum atomic E-state index is -2.88. The van der Waals surface area contributed by atoms with Gasteiger partial charge in [0.25, 0.3) is 0 Å². The summed E-state index contributed by atoms with van der Waals surface area (Å²) < 4.78 is 52.4. The lowest BCUT2D eigenvalue weighted by atomic mass is 10.1. The molecule has 0 amide bonds. The van der Waals surface area contributed by atoms with Crippen molar-refractivity contribution in [1.82, 2.24) is 19.7 Å². The molecule has 0 aliphatic heterocycles. The number of benzene rings is 2. The summed E-state index contributed by atoms with van der Waals surface area (Å²) in [6, 6.07) is 9.52. The molecule has 2 aromatic carbocycles. The van der Waals surface area contributed by atoms with Gasteiger partial charge in [-0.05, 0) is 18.2 Å². The van der Waals surface area contributed by atoms with Crippen molar-refractivity contribution < 1.29 is 17.2 Å². The topological polar surface area (TPSA) is 76.9 Å². The maximum atomic E-state index is 14.2. The molecule has 0 bridgehead atoms. The summed E-state index contributed by atoms with van der Waals surface area (Å²) in [4.78, 5) is 0. The lowest BCUT2D eigenvalue weighted by Crippen LogP contribution is -2.13. The molecule has 1 heterocycles. The van der Waals surface area contributed by atoms with Crippen LogP contribution in [0, 0.1) is 11.6 Å². The highest BCUT2D eigenvalue weighted by atomic mass is 32.2. The van der Waals surface area contributed by atoms with Crippen LogP contribution in [0.4, 0.5) is 8.78 Å². The van der Waals surface area contributed by atoms with E-state index >= 15 is 0 Å². The molecule has 0 radical (unpaired) electrons. The molecule has 0 saturated heterocycles. The number of nitrogens with zero attached hydrogens (tertiary/aromatic N) is 3. The molecule has 9 heteroatoms. The molecule has 3 aromatic rings. The summed E-state index contributed by atoms with van der Waals surface area (Å²) in [5, 5.41) is 7.70. The molecule has 0 fully saturated rings. The van der Waals surface area contributed by atoms with E-state index in [1.165, 1.54) is 16.8 Å². The Morgan fingerprint density at radius 1 is 1.09 bits per heavy atom. The lowest BCUT2D eigenvalue weighted by molar-refractivity contribution is 0.490. The van der Waals surface area contributed by atoms with Gasteiger partial charge in [-0.2, -0.15) is 0 Å². The zero-order valence-corrected chi connectivity index (χ0v) is 11.9. The normalized spacial score (nSPS) is 11.4. The average Bonchev–Trinajstić information content (AvgIpc) is 2.92. The van der Waals surface area contributed by atoms with Crippen molar-refractivity contribution in [3.8, 4) is 5.69 Å². The third kappa shape index (κ3) is 2.55. The number of halogens is 2. The number of para-hydroxylation sites is 1. The number of rotatable bonds is 4. The maximum Gasteiger partial charge on any atom is 0.201 e. The number of nitrogens with one attached hydrogen (secondary N) is 1. The van der Waals surface area contributed by atoms with Crippen molar-refractivity contribution in [3.63, 3.8) is 0 Å². The van der Waals surface area contributed by atoms with Gasteiger partial charge in [-0.15, -0.1) is 5.10 Å². The summed E-state index contributed by atoms with van der Waals surface area (Å²) in [6.45, 7) is -0.320. The molecule has 114 valence electrons. The summed E-state index contributed by atoms with van der Waals surface area (Å²) in [7, 11) is -2.88. The second kappa shape index (κ2) is 5.78. The number of hydrogen-bond acceptors (Lipinski definition) is 4. The van der Waals surface area contributed by atoms with Gasteiger partial charge in [0.1, 0.15) is 11.2 Å². The molecule has 1 N–H and O–H groups in total. The van der Waals surface area contributed by atoms with Crippen LogP contribution in [0.3, 0.4) is 0 Å². The number of hydrogen-bond donors (Lipinski definition) is 2.